The van der Waals surface area contributed by atoms with E-state index in [1.165, 1.54) is 18.3 Å². The smallest absolute Gasteiger partial charge is 0.260 e. The van der Waals surface area contributed by atoms with Gasteiger partial charge in [0.1, 0.15) is 0 Å². The monoisotopic (exact) mass is 430 g/mol. The van der Waals surface area contributed by atoms with Crippen molar-refractivity contribution in [2.75, 3.05) is 6.79 Å². The minimum Gasteiger partial charge on any atom is -0.504 e. The second-order valence-electron chi connectivity index (χ2n) is 7.37. The molecule has 3 aromatic rings. The third kappa shape index (κ3) is 3.47. The summed E-state index contributed by atoms with van der Waals surface area (Å²) in [5.41, 5.74) is 3.60. The zero-order valence-corrected chi connectivity index (χ0v) is 16.7. The highest BCUT2D eigenvalue weighted by Gasteiger charge is 2.27. The third-order valence-electron chi connectivity index (χ3n) is 5.32. The van der Waals surface area contributed by atoms with Crippen LogP contribution in [0.3, 0.4) is 0 Å². The number of rotatable bonds is 4. The summed E-state index contributed by atoms with van der Waals surface area (Å²) in [6, 6.07) is 15.3. The summed E-state index contributed by atoms with van der Waals surface area (Å²) in [5.74, 6) is -0.0805. The summed E-state index contributed by atoms with van der Waals surface area (Å²) < 4.78 is 10.8. The normalized spacial score (nSPS) is 15.4. The molecular weight excluding hydrogens is 412 g/mol. The van der Waals surface area contributed by atoms with E-state index in [1.54, 1.807) is 18.2 Å². The van der Waals surface area contributed by atoms with Crippen molar-refractivity contribution in [3.05, 3.63) is 77.5 Å². The molecule has 0 atom stereocenters. The number of phenolic OH excluding ortho intramolecular Hbond substituents is 2. The summed E-state index contributed by atoms with van der Waals surface area (Å²) in [6.07, 6.45) is 1.54. The first-order chi connectivity index (χ1) is 15.5. The number of nitrogens with one attached hydrogen (secondary N) is 2. The van der Waals surface area contributed by atoms with E-state index in [0.717, 1.165) is 11.1 Å². The van der Waals surface area contributed by atoms with Gasteiger partial charge in [0.25, 0.3) is 11.8 Å². The number of carbonyl (C=O) groups excluding carboxylic acids is 2. The molecule has 3 aromatic carbocycles. The van der Waals surface area contributed by atoms with Crippen LogP contribution in [0.4, 0.5) is 0 Å². The molecule has 0 saturated carbocycles. The Morgan fingerprint density at radius 3 is 2.47 bits per heavy atom. The van der Waals surface area contributed by atoms with E-state index < -0.39 is 11.8 Å². The molecule has 0 radical (unpaired) electrons. The van der Waals surface area contributed by atoms with E-state index in [-0.39, 0.29) is 18.3 Å². The Hall–Kier alpha value is -4.46. The summed E-state index contributed by atoms with van der Waals surface area (Å²) in [5, 5.41) is 24.4. The Morgan fingerprint density at radius 2 is 1.62 bits per heavy atom. The lowest BCUT2D eigenvalue weighted by Gasteiger charge is -2.19. The number of amides is 2. The Bertz CT molecular complexity index is 1300. The molecule has 160 valence electrons. The van der Waals surface area contributed by atoms with Crippen molar-refractivity contribution in [2.24, 2.45) is 0 Å². The molecule has 0 saturated heterocycles. The van der Waals surface area contributed by atoms with E-state index in [0.29, 0.717) is 40.3 Å². The molecule has 2 aliphatic heterocycles. The molecule has 0 aliphatic carbocycles. The van der Waals surface area contributed by atoms with Crippen molar-refractivity contribution in [1.82, 2.24) is 10.6 Å². The third-order valence-corrected chi connectivity index (χ3v) is 5.32. The first-order valence-corrected chi connectivity index (χ1v) is 9.84. The zero-order valence-electron chi connectivity index (χ0n) is 16.7. The predicted octanol–water partition coefficient (Wildman–Crippen LogP) is 2.89. The van der Waals surface area contributed by atoms with Crippen LogP contribution in [-0.4, -0.2) is 28.8 Å². The largest absolute Gasteiger partial charge is 0.504 e. The van der Waals surface area contributed by atoms with Gasteiger partial charge in [0.05, 0.1) is 5.57 Å². The average Bonchev–Trinajstić information content (AvgIpc) is 3.26. The first kappa shape index (κ1) is 19.5. The first-order valence-electron chi connectivity index (χ1n) is 9.84. The quantitative estimate of drug-likeness (QED) is 0.286. The minimum atomic E-state index is -0.508. The maximum Gasteiger partial charge on any atom is 0.260 e. The lowest BCUT2D eigenvalue weighted by Crippen LogP contribution is -2.37. The lowest BCUT2D eigenvalue weighted by molar-refractivity contribution is -0.114. The van der Waals surface area contributed by atoms with E-state index in [2.05, 4.69) is 10.6 Å². The molecule has 0 spiro atoms. The number of aromatic hydroxyl groups is 2. The van der Waals surface area contributed by atoms with Crippen LogP contribution >= 0.6 is 0 Å². The van der Waals surface area contributed by atoms with Crippen molar-refractivity contribution in [1.29, 1.82) is 0 Å². The Kier molecular flexibility index (Phi) is 4.67. The number of fused-ring (bicyclic) bond motifs is 2. The van der Waals surface area contributed by atoms with Gasteiger partial charge in [0.15, 0.2) is 23.0 Å². The zero-order chi connectivity index (χ0) is 22.2. The number of imide groups is 1. The van der Waals surface area contributed by atoms with E-state index >= 15 is 0 Å². The molecule has 5 rings (SSSR count). The SMILES string of the molecule is O=C1NC(=O)c2ccc(-c3ccc4c(c3)OCO4)cc2/C1=C\NCc1ccc(O)c(O)c1. The number of carbonyl (C=O) groups is 2. The van der Waals surface area contributed by atoms with Crippen molar-refractivity contribution in [3.63, 3.8) is 0 Å². The highest BCUT2D eigenvalue weighted by molar-refractivity contribution is 6.31. The topological polar surface area (TPSA) is 117 Å². The Balaban J connectivity index is 1.47. The highest BCUT2D eigenvalue weighted by Crippen LogP contribution is 2.37. The highest BCUT2D eigenvalue weighted by atomic mass is 16.7. The molecular formula is C24H18N2O6. The van der Waals surface area contributed by atoms with Crippen molar-refractivity contribution in [3.8, 4) is 34.1 Å². The molecule has 0 unspecified atom stereocenters. The molecule has 2 aliphatic rings. The molecule has 0 fully saturated rings. The van der Waals surface area contributed by atoms with Crippen LogP contribution in [-0.2, 0) is 11.3 Å². The maximum absolute atomic E-state index is 12.6. The van der Waals surface area contributed by atoms with Gasteiger partial charge in [-0.2, -0.15) is 0 Å². The van der Waals surface area contributed by atoms with Crippen molar-refractivity contribution in [2.45, 2.75) is 6.54 Å². The summed E-state index contributed by atoms with van der Waals surface area (Å²) in [4.78, 5) is 24.9. The second-order valence-corrected chi connectivity index (χ2v) is 7.37. The van der Waals surface area contributed by atoms with Crippen LogP contribution in [0.1, 0.15) is 21.5 Å². The van der Waals surface area contributed by atoms with Crippen molar-refractivity contribution >= 4 is 17.4 Å². The number of benzene rings is 3. The minimum absolute atomic E-state index is 0.176. The Labute approximate surface area is 182 Å². The van der Waals surface area contributed by atoms with Gasteiger partial charge in [0.2, 0.25) is 6.79 Å². The van der Waals surface area contributed by atoms with Crippen LogP contribution in [0.15, 0.2) is 60.8 Å². The molecule has 2 amide bonds. The van der Waals surface area contributed by atoms with Crippen LogP contribution in [0.2, 0.25) is 0 Å². The average molecular weight is 430 g/mol. The summed E-state index contributed by atoms with van der Waals surface area (Å²) in [6.45, 7) is 0.477. The molecule has 8 nitrogen and oxygen atoms in total. The predicted molar refractivity (Wildman–Crippen MR) is 115 cm³/mol. The van der Waals surface area contributed by atoms with Gasteiger partial charge < -0.3 is 25.0 Å². The maximum atomic E-state index is 12.6. The van der Waals surface area contributed by atoms with E-state index in [1.807, 2.05) is 24.3 Å². The molecule has 0 aromatic heterocycles. The molecule has 0 bridgehead atoms. The van der Waals surface area contributed by atoms with Crippen LogP contribution in [0.25, 0.3) is 16.7 Å². The Morgan fingerprint density at radius 1 is 0.844 bits per heavy atom. The fourth-order valence-corrected chi connectivity index (χ4v) is 3.67. The number of hydrogen-bond acceptors (Lipinski definition) is 7. The molecule has 4 N–H and O–H groups in total. The van der Waals surface area contributed by atoms with Crippen LogP contribution < -0.4 is 20.1 Å². The van der Waals surface area contributed by atoms with Gasteiger partial charge in [-0.25, -0.2) is 0 Å². The van der Waals surface area contributed by atoms with Gasteiger partial charge in [-0.3, -0.25) is 14.9 Å². The molecule has 2 heterocycles. The fourth-order valence-electron chi connectivity index (χ4n) is 3.67. The molecule has 32 heavy (non-hydrogen) atoms. The molecule has 8 heteroatoms. The van der Waals surface area contributed by atoms with E-state index in [9.17, 15) is 19.8 Å². The summed E-state index contributed by atoms with van der Waals surface area (Å²) >= 11 is 0. The van der Waals surface area contributed by atoms with E-state index in [4.69, 9.17) is 9.47 Å². The fraction of sp³-hybridized carbons (Fsp3) is 0.0833. The van der Waals surface area contributed by atoms with Crippen LogP contribution in [0, 0.1) is 0 Å². The van der Waals surface area contributed by atoms with Gasteiger partial charge in [-0.15, -0.1) is 0 Å². The summed E-state index contributed by atoms with van der Waals surface area (Å²) in [7, 11) is 0. The van der Waals surface area contributed by atoms with Crippen LogP contribution in [0.5, 0.6) is 23.0 Å². The number of ether oxygens (including phenoxy) is 2. The lowest BCUT2D eigenvalue weighted by atomic mass is 9.91. The number of phenols is 2. The van der Waals surface area contributed by atoms with Gasteiger partial charge in [-0.05, 0) is 53.1 Å². The number of hydrogen-bond donors (Lipinski definition) is 4. The second kappa shape index (κ2) is 7.66. The van der Waals surface area contributed by atoms with Gasteiger partial charge in [0, 0.05) is 23.9 Å². The standard InChI is InChI=1S/C24H18N2O6/c27-19-5-1-13(7-20(19)28)10-25-11-18-17-8-14(2-4-16(17)23(29)26-24(18)30)15-3-6-21-22(9-15)32-12-31-21/h1-9,11,25,27-28H,10,12H2,(H,26,29,30)/b18-11+. The van der Waals surface area contributed by atoms with Gasteiger partial charge >= 0.3 is 0 Å². The van der Waals surface area contributed by atoms with Crippen molar-refractivity contribution < 1.29 is 29.3 Å². The van der Waals surface area contributed by atoms with Gasteiger partial charge in [-0.1, -0.05) is 18.2 Å².